The van der Waals surface area contributed by atoms with Gasteiger partial charge in [-0.25, -0.2) is 4.79 Å². The Balaban J connectivity index is 1.61. The number of furan rings is 1. The molecule has 1 atom stereocenters. The minimum absolute atomic E-state index is 0.141. The first kappa shape index (κ1) is 24.8. The third-order valence-corrected chi connectivity index (χ3v) is 7.57. The summed E-state index contributed by atoms with van der Waals surface area (Å²) >= 11 is 7.63. The Morgan fingerprint density at radius 2 is 2.09 bits per heavy atom. The van der Waals surface area contributed by atoms with Crippen LogP contribution in [0.25, 0.3) is 17.4 Å². The number of fused-ring (bicyclic) bond motifs is 1. The molecule has 0 bridgehead atoms. The monoisotopic (exact) mass is 508 g/mol. The number of rotatable bonds is 7. The van der Waals surface area contributed by atoms with E-state index in [0.717, 1.165) is 36.1 Å². The van der Waals surface area contributed by atoms with Gasteiger partial charge in [-0.15, -0.1) is 11.3 Å². The summed E-state index contributed by atoms with van der Waals surface area (Å²) in [5.41, 5.74) is 1.93. The molecule has 3 aromatic rings. The second-order valence-electron chi connectivity index (χ2n) is 8.25. The number of nitriles is 1. The molecule has 1 unspecified atom stereocenters. The van der Waals surface area contributed by atoms with E-state index in [1.807, 2.05) is 24.3 Å². The van der Waals surface area contributed by atoms with Crippen LogP contribution >= 0.6 is 22.9 Å². The van der Waals surface area contributed by atoms with E-state index in [1.54, 1.807) is 25.1 Å². The third-order valence-electron chi connectivity index (χ3n) is 6.07. The lowest BCUT2D eigenvalue weighted by atomic mass is 9.85. The highest BCUT2D eigenvalue weighted by Gasteiger charge is 2.30. The molecule has 4 rings (SSSR count). The Bertz CT molecular complexity index is 1330. The van der Waals surface area contributed by atoms with Gasteiger partial charge in [0, 0.05) is 16.5 Å². The quantitative estimate of drug-likeness (QED) is 0.213. The number of thiophene rings is 1. The number of nitrogens with one attached hydrogen (secondary N) is 1. The fraction of sp³-hybridized carbons (Fsp3) is 0.296. The van der Waals surface area contributed by atoms with Crippen LogP contribution in [0.15, 0.2) is 46.4 Å². The summed E-state index contributed by atoms with van der Waals surface area (Å²) in [6, 6.07) is 12.6. The Kier molecular flexibility index (Phi) is 7.74. The maximum Gasteiger partial charge on any atom is 0.341 e. The molecule has 0 spiro atoms. The van der Waals surface area contributed by atoms with Crippen LogP contribution in [0.4, 0.5) is 5.00 Å². The Morgan fingerprint density at radius 3 is 2.80 bits per heavy atom. The molecule has 1 aliphatic rings. The Hall–Kier alpha value is -3.34. The predicted molar refractivity (Wildman–Crippen MR) is 137 cm³/mol. The van der Waals surface area contributed by atoms with Gasteiger partial charge >= 0.3 is 5.97 Å². The molecular formula is C27H25ClN2O4S. The maximum atomic E-state index is 13.0. The van der Waals surface area contributed by atoms with Crippen molar-refractivity contribution in [3.8, 4) is 17.4 Å². The lowest BCUT2D eigenvalue weighted by molar-refractivity contribution is -0.112. The number of anilines is 1. The molecule has 0 saturated heterocycles. The van der Waals surface area contributed by atoms with Crippen LogP contribution in [0.3, 0.4) is 0 Å². The van der Waals surface area contributed by atoms with Gasteiger partial charge < -0.3 is 14.5 Å². The molecule has 0 radical (unpaired) electrons. The van der Waals surface area contributed by atoms with Gasteiger partial charge in [0.25, 0.3) is 5.91 Å². The maximum absolute atomic E-state index is 13.0. The summed E-state index contributed by atoms with van der Waals surface area (Å²) in [4.78, 5) is 26.9. The molecule has 1 aliphatic carbocycles. The summed E-state index contributed by atoms with van der Waals surface area (Å²) in [5.74, 6) is 0.363. The molecule has 180 valence electrons. The van der Waals surface area contributed by atoms with Gasteiger partial charge in [0.2, 0.25) is 0 Å². The van der Waals surface area contributed by atoms with Crippen molar-refractivity contribution >= 4 is 45.9 Å². The summed E-state index contributed by atoms with van der Waals surface area (Å²) in [7, 11) is 0. The first-order valence-electron chi connectivity index (χ1n) is 11.5. The van der Waals surface area contributed by atoms with Crippen LogP contribution in [0, 0.1) is 17.2 Å². The van der Waals surface area contributed by atoms with E-state index in [-0.39, 0.29) is 12.2 Å². The summed E-state index contributed by atoms with van der Waals surface area (Å²) < 4.78 is 11.1. The largest absolute Gasteiger partial charge is 0.462 e. The van der Waals surface area contributed by atoms with Crippen molar-refractivity contribution in [2.75, 3.05) is 11.9 Å². The average Bonchev–Trinajstić information content (AvgIpc) is 3.46. The van der Waals surface area contributed by atoms with Crippen LogP contribution in [-0.2, 0) is 22.4 Å². The van der Waals surface area contributed by atoms with E-state index in [0.29, 0.717) is 38.6 Å². The van der Waals surface area contributed by atoms with Gasteiger partial charge in [0.05, 0.1) is 17.2 Å². The molecule has 6 nitrogen and oxygen atoms in total. The second kappa shape index (κ2) is 10.9. The standard InChI is InChI=1S/C27H25ClN2O4S/c1-3-16-9-11-20-23(13-16)35-26(24(20)27(32)33-4-2)30-25(31)17(15-29)14-18-10-12-22(34-18)19-7-5-6-8-21(19)28/h5-8,10,12,14,16H,3-4,9,11,13H2,1-2H3,(H,30,31)/b17-14+. The smallest absolute Gasteiger partial charge is 0.341 e. The van der Waals surface area contributed by atoms with Crippen molar-refractivity contribution < 1.29 is 18.7 Å². The number of hydrogen-bond donors (Lipinski definition) is 1. The summed E-state index contributed by atoms with van der Waals surface area (Å²) in [6.45, 7) is 4.15. The SMILES string of the molecule is CCOC(=O)c1c(NC(=O)/C(C#N)=C/c2ccc(-c3ccccc3Cl)o2)sc2c1CCC(CC)C2. The van der Waals surface area contributed by atoms with E-state index in [2.05, 4.69) is 12.2 Å². The van der Waals surface area contributed by atoms with Gasteiger partial charge in [-0.3, -0.25) is 4.79 Å². The third kappa shape index (κ3) is 5.34. The highest BCUT2D eigenvalue weighted by molar-refractivity contribution is 7.17. The van der Waals surface area contributed by atoms with Gasteiger partial charge in [-0.1, -0.05) is 37.1 Å². The summed E-state index contributed by atoms with van der Waals surface area (Å²) in [6.07, 6.45) is 5.08. The number of halogens is 1. The number of ether oxygens (including phenoxy) is 1. The van der Waals surface area contributed by atoms with E-state index < -0.39 is 11.9 Å². The predicted octanol–water partition coefficient (Wildman–Crippen LogP) is 6.90. The topological polar surface area (TPSA) is 92.3 Å². The van der Waals surface area contributed by atoms with Crippen molar-refractivity contribution in [1.82, 2.24) is 0 Å². The zero-order valence-electron chi connectivity index (χ0n) is 19.5. The van der Waals surface area contributed by atoms with Crippen molar-refractivity contribution in [2.24, 2.45) is 5.92 Å². The number of esters is 1. The highest BCUT2D eigenvalue weighted by atomic mass is 35.5. The highest BCUT2D eigenvalue weighted by Crippen LogP contribution is 2.41. The Morgan fingerprint density at radius 1 is 1.29 bits per heavy atom. The van der Waals surface area contributed by atoms with Crippen molar-refractivity contribution in [1.29, 1.82) is 5.26 Å². The molecule has 1 N–H and O–H groups in total. The first-order valence-corrected chi connectivity index (χ1v) is 12.7. The van der Waals surface area contributed by atoms with Crippen molar-refractivity contribution in [2.45, 2.75) is 39.5 Å². The van der Waals surface area contributed by atoms with Gasteiger partial charge in [0.1, 0.15) is 28.2 Å². The van der Waals surface area contributed by atoms with Crippen molar-refractivity contribution in [3.63, 3.8) is 0 Å². The van der Waals surface area contributed by atoms with E-state index in [4.69, 9.17) is 20.8 Å². The van der Waals surface area contributed by atoms with E-state index in [1.165, 1.54) is 17.4 Å². The van der Waals surface area contributed by atoms with Crippen LogP contribution in [-0.4, -0.2) is 18.5 Å². The van der Waals surface area contributed by atoms with Gasteiger partial charge in [-0.2, -0.15) is 5.26 Å². The molecule has 1 aromatic carbocycles. The minimum Gasteiger partial charge on any atom is -0.462 e. The molecule has 2 aromatic heterocycles. The molecule has 1 amide bonds. The first-order chi connectivity index (χ1) is 16.9. The number of amides is 1. The fourth-order valence-electron chi connectivity index (χ4n) is 4.21. The van der Waals surface area contributed by atoms with E-state index in [9.17, 15) is 14.9 Å². The normalized spacial score (nSPS) is 15.3. The average molecular weight is 509 g/mol. The van der Waals surface area contributed by atoms with Crippen LogP contribution in [0.2, 0.25) is 5.02 Å². The lowest BCUT2D eigenvalue weighted by Crippen LogP contribution is -2.17. The van der Waals surface area contributed by atoms with Gasteiger partial charge in [-0.05, 0) is 61.9 Å². The van der Waals surface area contributed by atoms with E-state index >= 15 is 0 Å². The number of nitrogens with zero attached hydrogens (tertiary/aromatic N) is 1. The zero-order valence-corrected chi connectivity index (χ0v) is 21.1. The van der Waals surface area contributed by atoms with Crippen LogP contribution < -0.4 is 5.32 Å². The molecular weight excluding hydrogens is 484 g/mol. The molecule has 0 aliphatic heterocycles. The van der Waals surface area contributed by atoms with Crippen molar-refractivity contribution in [3.05, 3.63) is 68.8 Å². The summed E-state index contributed by atoms with van der Waals surface area (Å²) in [5, 5.41) is 13.4. The van der Waals surface area contributed by atoms with Crippen LogP contribution in [0.5, 0.6) is 0 Å². The number of hydrogen-bond acceptors (Lipinski definition) is 6. The number of carbonyl (C=O) groups is 2. The number of benzene rings is 1. The Labute approximate surface area is 213 Å². The van der Waals surface area contributed by atoms with Gasteiger partial charge in [0.15, 0.2) is 0 Å². The van der Waals surface area contributed by atoms with Crippen LogP contribution in [0.1, 0.15) is 53.2 Å². The fourth-order valence-corrected chi connectivity index (χ4v) is 5.78. The molecule has 8 heteroatoms. The molecule has 0 saturated carbocycles. The zero-order chi connectivity index (χ0) is 24.9. The molecule has 2 heterocycles. The lowest BCUT2D eigenvalue weighted by Gasteiger charge is -2.20. The molecule has 35 heavy (non-hydrogen) atoms. The molecule has 0 fully saturated rings. The minimum atomic E-state index is -0.612. The second-order valence-corrected chi connectivity index (χ2v) is 9.76. The number of carbonyl (C=O) groups excluding carboxylic acids is 2.